The van der Waals surface area contributed by atoms with Gasteiger partial charge in [-0.3, -0.25) is 4.98 Å². The van der Waals surface area contributed by atoms with Crippen LogP contribution >= 0.6 is 0 Å². The molecule has 0 N–H and O–H groups in total. The third-order valence-electron chi connectivity index (χ3n) is 6.29. The number of aromatic nitrogens is 1. The number of hydrogen-bond donors (Lipinski definition) is 0. The third kappa shape index (κ3) is 2.36. The van der Waals surface area contributed by atoms with Gasteiger partial charge in [-0.25, -0.2) is 0 Å². The van der Waals surface area contributed by atoms with E-state index >= 15 is 0 Å². The van der Waals surface area contributed by atoms with Crippen molar-refractivity contribution in [2.75, 3.05) is 0 Å². The van der Waals surface area contributed by atoms with Crippen molar-refractivity contribution in [1.29, 1.82) is 0 Å². The van der Waals surface area contributed by atoms with Crippen molar-refractivity contribution in [1.82, 2.24) is 4.98 Å². The van der Waals surface area contributed by atoms with Crippen LogP contribution in [0.5, 0.6) is 0 Å². The van der Waals surface area contributed by atoms with Gasteiger partial charge in [-0.1, -0.05) is 78.9 Å². The van der Waals surface area contributed by atoms with Crippen LogP contribution in [0.1, 0.15) is 0 Å². The molecule has 2 aromatic heterocycles. The number of nitrogens with zero attached hydrogens (tertiary/aromatic N) is 1. The van der Waals surface area contributed by atoms with Crippen molar-refractivity contribution >= 4 is 54.3 Å². The smallest absolute Gasteiger partial charge is 0.144 e. The molecule has 2 heterocycles. The molecule has 0 spiro atoms. The second kappa shape index (κ2) is 6.16. The van der Waals surface area contributed by atoms with Crippen molar-refractivity contribution in [3.8, 4) is 11.3 Å². The summed E-state index contributed by atoms with van der Waals surface area (Å²) in [6, 6.07) is 34.0. The van der Waals surface area contributed by atoms with Gasteiger partial charge in [0.25, 0.3) is 0 Å². The summed E-state index contributed by atoms with van der Waals surface area (Å²) < 4.78 is 6.43. The van der Waals surface area contributed by atoms with E-state index in [4.69, 9.17) is 9.40 Å². The molecule has 0 saturated heterocycles. The van der Waals surface area contributed by atoms with E-state index in [0.29, 0.717) is 0 Å². The van der Waals surface area contributed by atoms with E-state index < -0.39 is 0 Å². The molecular formula is C29H17NO. The molecule has 0 fully saturated rings. The summed E-state index contributed by atoms with van der Waals surface area (Å²) in [5, 5.41) is 9.61. The monoisotopic (exact) mass is 395 g/mol. The van der Waals surface area contributed by atoms with Crippen LogP contribution in [0.25, 0.3) is 65.5 Å². The van der Waals surface area contributed by atoms with Gasteiger partial charge in [0.2, 0.25) is 0 Å². The first-order valence-corrected chi connectivity index (χ1v) is 10.5. The second-order valence-electron chi connectivity index (χ2n) is 8.02. The summed E-state index contributed by atoms with van der Waals surface area (Å²) in [5.41, 5.74) is 3.75. The number of rotatable bonds is 1. The van der Waals surface area contributed by atoms with Gasteiger partial charge in [0.05, 0.1) is 5.69 Å². The molecule has 0 aliphatic carbocycles. The molecular weight excluding hydrogens is 378 g/mol. The lowest BCUT2D eigenvalue weighted by Gasteiger charge is -2.05. The molecule has 0 saturated carbocycles. The number of fused-ring (bicyclic) bond motifs is 8. The first kappa shape index (κ1) is 16.6. The minimum Gasteiger partial charge on any atom is -0.455 e. The van der Waals surface area contributed by atoms with Gasteiger partial charge in [-0.15, -0.1) is 0 Å². The predicted octanol–water partition coefficient (Wildman–Crippen LogP) is 8.11. The quantitative estimate of drug-likeness (QED) is 0.262. The van der Waals surface area contributed by atoms with Crippen LogP contribution in [0.2, 0.25) is 0 Å². The first-order chi connectivity index (χ1) is 15.4. The van der Waals surface area contributed by atoms with E-state index in [2.05, 4.69) is 91.0 Å². The maximum absolute atomic E-state index is 6.43. The Bertz CT molecular complexity index is 1790. The number of pyridine rings is 1. The average molecular weight is 395 g/mol. The Hall–Kier alpha value is -4.17. The van der Waals surface area contributed by atoms with Gasteiger partial charge in [0, 0.05) is 27.9 Å². The molecule has 0 bridgehead atoms. The largest absolute Gasteiger partial charge is 0.455 e. The van der Waals surface area contributed by atoms with Crippen LogP contribution in [0, 0.1) is 0 Å². The highest BCUT2D eigenvalue weighted by Crippen LogP contribution is 2.40. The molecule has 0 aliphatic rings. The number of hydrogen-bond acceptors (Lipinski definition) is 2. The highest BCUT2D eigenvalue weighted by molar-refractivity contribution is 6.24. The first-order valence-electron chi connectivity index (χ1n) is 10.5. The van der Waals surface area contributed by atoms with Crippen LogP contribution in [-0.4, -0.2) is 4.98 Å². The Morgan fingerprint density at radius 3 is 2.26 bits per heavy atom. The summed E-state index contributed by atoms with van der Waals surface area (Å²) in [6.07, 6.45) is 1.94. The molecule has 2 nitrogen and oxygen atoms in total. The number of para-hydroxylation sites is 1. The molecule has 31 heavy (non-hydrogen) atoms. The Morgan fingerprint density at radius 1 is 0.548 bits per heavy atom. The van der Waals surface area contributed by atoms with Crippen LogP contribution in [-0.2, 0) is 0 Å². The van der Waals surface area contributed by atoms with Gasteiger partial charge < -0.3 is 4.42 Å². The Morgan fingerprint density at radius 2 is 1.32 bits per heavy atom. The molecule has 7 aromatic rings. The normalized spacial score (nSPS) is 11.9. The Balaban J connectivity index is 1.57. The zero-order valence-electron chi connectivity index (χ0n) is 16.7. The van der Waals surface area contributed by atoms with Crippen LogP contribution in [0.3, 0.4) is 0 Å². The van der Waals surface area contributed by atoms with Crippen LogP contribution in [0.15, 0.2) is 108 Å². The summed E-state index contributed by atoms with van der Waals surface area (Å²) in [6.45, 7) is 0. The molecule has 144 valence electrons. The SMILES string of the molecule is c1ccc2cc(-c3cccc4c3oc3ccc5c6ccccc6ccc5c34)ncc2c1. The summed E-state index contributed by atoms with van der Waals surface area (Å²) >= 11 is 0. The average Bonchev–Trinajstić information content (AvgIpc) is 3.23. The zero-order chi connectivity index (χ0) is 20.4. The van der Waals surface area contributed by atoms with Gasteiger partial charge in [0.15, 0.2) is 0 Å². The van der Waals surface area contributed by atoms with Gasteiger partial charge >= 0.3 is 0 Å². The maximum Gasteiger partial charge on any atom is 0.144 e. The van der Waals surface area contributed by atoms with Crippen molar-refractivity contribution in [3.63, 3.8) is 0 Å². The van der Waals surface area contributed by atoms with E-state index in [1.54, 1.807) is 0 Å². The maximum atomic E-state index is 6.43. The third-order valence-corrected chi connectivity index (χ3v) is 6.29. The summed E-state index contributed by atoms with van der Waals surface area (Å²) in [7, 11) is 0. The number of benzene rings is 5. The predicted molar refractivity (Wildman–Crippen MR) is 129 cm³/mol. The molecule has 2 heteroatoms. The lowest BCUT2D eigenvalue weighted by atomic mass is 9.97. The lowest BCUT2D eigenvalue weighted by molar-refractivity contribution is 0.670. The van der Waals surface area contributed by atoms with Crippen LogP contribution < -0.4 is 0 Å². The van der Waals surface area contributed by atoms with E-state index in [1.807, 2.05) is 12.3 Å². The van der Waals surface area contributed by atoms with Gasteiger partial charge in [0.1, 0.15) is 11.2 Å². The molecule has 0 aliphatic heterocycles. The van der Waals surface area contributed by atoms with E-state index in [1.165, 1.54) is 32.3 Å². The highest BCUT2D eigenvalue weighted by Gasteiger charge is 2.16. The van der Waals surface area contributed by atoms with Crippen molar-refractivity contribution in [2.24, 2.45) is 0 Å². The minimum atomic E-state index is 0.890. The van der Waals surface area contributed by atoms with E-state index in [0.717, 1.165) is 33.2 Å². The fourth-order valence-corrected chi connectivity index (χ4v) is 4.82. The standard InChI is InChI=1S/C29H17NO/c1-2-8-20-17-30-26(16-19(20)7-1)24-10-5-11-25-28-23-13-12-18-6-3-4-9-21(18)22(23)14-15-27(28)31-29(24)25/h1-17H. The molecule has 0 atom stereocenters. The van der Waals surface area contributed by atoms with E-state index in [-0.39, 0.29) is 0 Å². The molecule has 0 amide bonds. The topological polar surface area (TPSA) is 26.0 Å². The fraction of sp³-hybridized carbons (Fsp3) is 0. The minimum absolute atomic E-state index is 0.890. The Kier molecular flexibility index (Phi) is 3.30. The molecule has 0 unspecified atom stereocenters. The lowest BCUT2D eigenvalue weighted by Crippen LogP contribution is -1.85. The fourth-order valence-electron chi connectivity index (χ4n) is 4.82. The highest BCUT2D eigenvalue weighted by atomic mass is 16.3. The molecule has 5 aromatic carbocycles. The van der Waals surface area contributed by atoms with Gasteiger partial charge in [-0.2, -0.15) is 0 Å². The van der Waals surface area contributed by atoms with Crippen molar-refractivity contribution < 1.29 is 4.42 Å². The zero-order valence-corrected chi connectivity index (χ0v) is 16.7. The van der Waals surface area contributed by atoms with Crippen molar-refractivity contribution in [2.45, 2.75) is 0 Å². The van der Waals surface area contributed by atoms with Gasteiger partial charge in [-0.05, 0) is 45.1 Å². The van der Waals surface area contributed by atoms with Crippen molar-refractivity contribution in [3.05, 3.63) is 103 Å². The Labute approximate surface area is 178 Å². The summed E-state index contributed by atoms with van der Waals surface area (Å²) in [4.78, 5) is 4.74. The summed E-state index contributed by atoms with van der Waals surface area (Å²) in [5.74, 6) is 0. The molecule has 7 rings (SSSR count). The molecule has 0 radical (unpaired) electrons. The van der Waals surface area contributed by atoms with Crippen LogP contribution in [0.4, 0.5) is 0 Å². The number of furan rings is 1. The second-order valence-corrected chi connectivity index (χ2v) is 8.02. The van der Waals surface area contributed by atoms with E-state index in [9.17, 15) is 0 Å².